The summed E-state index contributed by atoms with van der Waals surface area (Å²) < 4.78 is 68.7. The molecule has 0 bridgehead atoms. The van der Waals surface area contributed by atoms with E-state index in [2.05, 4.69) is 0 Å². The Morgan fingerprint density at radius 1 is 1.21 bits per heavy atom. The van der Waals surface area contributed by atoms with E-state index < -0.39 is 21.8 Å². The lowest BCUT2D eigenvalue weighted by atomic mass is 9.98. The van der Waals surface area contributed by atoms with E-state index in [0.717, 1.165) is 24.3 Å². The molecule has 5 nitrogen and oxygen atoms in total. The number of nitrogens with zero attached hydrogens (tertiary/aromatic N) is 1. The van der Waals surface area contributed by atoms with Gasteiger partial charge in [-0.05, 0) is 44.0 Å². The minimum atomic E-state index is -4.51. The lowest BCUT2D eigenvalue weighted by Crippen LogP contribution is -2.40. The molecule has 0 amide bonds. The van der Waals surface area contributed by atoms with Crippen LogP contribution in [0.1, 0.15) is 25.3 Å². The maximum Gasteiger partial charge on any atom is 0.416 e. The van der Waals surface area contributed by atoms with Gasteiger partial charge in [0.2, 0.25) is 10.0 Å². The van der Waals surface area contributed by atoms with Crippen LogP contribution in [0.25, 0.3) is 0 Å². The van der Waals surface area contributed by atoms with Gasteiger partial charge in [0.25, 0.3) is 0 Å². The van der Waals surface area contributed by atoms with Gasteiger partial charge in [0.05, 0.1) is 23.0 Å². The van der Waals surface area contributed by atoms with E-state index >= 15 is 0 Å². The molecule has 134 valence electrons. The Kier molecular flexibility index (Phi) is 5.54. The Morgan fingerprint density at radius 2 is 1.75 bits per heavy atom. The number of hydrogen-bond acceptors (Lipinski definition) is 4. The first kappa shape index (κ1) is 18.7. The summed E-state index contributed by atoms with van der Waals surface area (Å²) >= 11 is 0. The molecule has 0 aromatic heterocycles. The fraction of sp³-hybridized carbons (Fsp3) is 0.533. The zero-order valence-corrected chi connectivity index (χ0v) is 13.9. The van der Waals surface area contributed by atoms with Crippen molar-refractivity contribution in [2.24, 2.45) is 5.92 Å². The second kappa shape index (κ2) is 7.10. The van der Waals surface area contributed by atoms with E-state index in [1.165, 1.54) is 4.31 Å². The van der Waals surface area contributed by atoms with Gasteiger partial charge in [0.1, 0.15) is 0 Å². The Labute approximate surface area is 138 Å². The van der Waals surface area contributed by atoms with Crippen LogP contribution in [0.5, 0.6) is 0 Å². The second-order valence-corrected chi connectivity index (χ2v) is 7.39. The zero-order chi connectivity index (χ0) is 18.0. The molecule has 1 aromatic carbocycles. The molecular formula is C15H18F3NO4S. The average molecular weight is 365 g/mol. The van der Waals surface area contributed by atoms with Crippen LogP contribution >= 0.6 is 0 Å². The number of piperidine rings is 1. The van der Waals surface area contributed by atoms with Crippen LogP contribution in [-0.4, -0.2) is 38.4 Å². The monoisotopic (exact) mass is 365 g/mol. The summed E-state index contributed by atoms with van der Waals surface area (Å²) in [5, 5.41) is 0. The molecule has 0 unspecified atom stereocenters. The van der Waals surface area contributed by atoms with E-state index in [1.807, 2.05) is 0 Å². The van der Waals surface area contributed by atoms with Crippen molar-refractivity contribution >= 4 is 16.0 Å². The van der Waals surface area contributed by atoms with Gasteiger partial charge in [-0.1, -0.05) is 0 Å². The standard InChI is InChI=1S/C15H18F3NO4S/c1-2-23-14(20)11-7-9-19(10-8-11)24(21,22)13-5-3-12(4-6-13)15(16,17)18/h3-6,11H,2,7-10H2,1H3. The summed E-state index contributed by atoms with van der Waals surface area (Å²) in [6.45, 7) is 2.23. The average Bonchev–Trinajstić information content (AvgIpc) is 2.54. The first-order valence-corrected chi connectivity index (χ1v) is 8.94. The molecule has 0 N–H and O–H groups in total. The van der Waals surface area contributed by atoms with Crippen molar-refractivity contribution in [1.82, 2.24) is 4.31 Å². The molecule has 0 atom stereocenters. The highest BCUT2D eigenvalue weighted by atomic mass is 32.2. The molecule has 1 fully saturated rings. The fourth-order valence-electron chi connectivity index (χ4n) is 2.56. The lowest BCUT2D eigenvalue weighted by Gasteiger charge is -2.30. The molecule has 1 aliphatic heterocycles. The number of alkyl halides is 3. The van der Waals surface area contributed by atoms with Crippen LogP contribution < -0.4 is 0 Å². The Morgan fingerprint density at radius 3 is 2.21 bits per heavy atom. The summed E-state index contributed by atoms with van der Waals surface area (Å²) in [4.78, 5) is 11.5. The molecule has 1 aliphatic rings. The summed E-state index contributed by atoms with van der Waals surface area (Å²) in [5.41, 5.74) is -0.900. The smallest absolute Gasteiger partial charge is 0.416 e. The van der Waals surface area contributed by atoms with Gasteiger partial charge in [-0.25, -0.2) is 8.42 Å². The van der Waals surface area contributed by atoms with Crippen molar-refractivity contribution in [2.45, 2.75) is 30.8 Å². The number of sulfonamides is 1. The van der Waals surface area contributed by atoms with E-state index in [9.17, 15) is 26.4 Å². The van der Waals surface area contributed by atoms with Crippen molar-refractivity contribution in [2.75, 3.05) is 19.7 Å². The first-order chi connectivity index (χ1) is 11.2. The van der Waals surface area contributed by atoms with Crippen LogP contribution in [-0.2, 0) is 25.7 Å². The van der Waals surface area contributed by atoms with E-state index in [4.69, 9.17) is 4.74 Å². The van der Waals surface area contributed by atoms with Crippen molar-refractivity contribution in [3.63, 3.8) is 0 Å². The van der Waals surface area contributed by atoms with Gasteiger partial charge in [-0.15, -0.1) is 0 Å². The summed E-state index contributed by atoms with van der Waals surface area (Å²) in [7, 11) is -3.87. The predicted octanol–water partition coefficient (Wildman–Crippen LogP) is 2.67. The number of carbonyl (C=O) groups is 1. The molecule has 0 spiro atoms. The number of halogens is 3. The molecule has 1 aromatic rings. The molecule has 0 saturated carbocycles. The topological polar surface area (TPSA) is 63.7 Å². The predicted molar refractivity (Wildman–Crippen MR) is 79.6 cm³/mol. The van der Waals surface area contributed by atoms with Gasteiger partial charge >= 0.3 is 12.1 Å². The lowest BCUT2D eigenvalue weighted by molar-refractivity contribution is -0.149. The first-order valence-electron chi connectivity index (χ1n) is 7.50. The highest BCUT2D eigenvalue weighted by Crippen LogP contribution is 2.31. The van der Waals surface area contributed by atoms with Crippen molar-refractivity contribution in [1.29, 1.82) is 0 Å². The molecule has 2 rings (SSSR count). The third kappa shape index (κ3) is 4.07. The Hall–Kier alpha value is -1.61. The van der Waals surface area contributed by atoms with Crippen molar-refractivity contribution in [3.05, 3.63) is 29.8 Å². The highest BCUT2D eigenvalue weighted by Gasteiger charge is 2.34. The van der Waals surface area contributed by atoms with Crippen LogP contribution in [0.15, 0.2) is 29.2 Å². The minimum Gasteiger partial charge on any atom is -0.466 e. The van der Waals surface area contributed by atoms with Crippen LogP contribution in [0.3, 0.4) is 0 Å². The minimum absolute atomic E-state index is 0.132. The Bertz CT molecular complexity index is 678. The molecule has 1 saturated heterocycles. The summed E-state index contributed by atoms with van der Waals surface area (Å²) in [6, 6.07) is 3.40. The summed E-state index contributed by atoms with van der Waals surface area (Å²) in [5.74, 6) is -0.687. The molecule has 24 heavy (non-hydrogen) atoms. The number of benzene rings is 1. The molecule has 1 heterocycles. The van der Waals surface area contributed by atoms with E-state index in [0.29, 0.717) is 12.8 Å². The molecular weight excluding hydrogens is 347 g/mol. The second-order valence-electron chi connectivity index (χ2n) is 5.45. The van der Waals surface area contributed by atoms with Gasteiger partial charge in [0, 0.05) is 13.1 Å². The number of hydrogen-bond donors (Lipinski definition) is 0. The van der Waals surface area contributed by atoms with Gasteiger partial charge in [-0.2, -0.15) is 17.5 Å². The normalized spacial score (nSPS) is 17.7. The van der Waals surface area contributed by atoms with E-state index in [1.54, 1.807) is 6.92 Å². The van der Waals surface area contributed by atoms with Crippen LogP contribution in [0.4, 0.5) is 13.2 Å². The zero-order valence-electron chi connectivity index (χ0n) is 13.0. The van der Waals surface area contributed by atoms with Crippen LogP contribution in [0, 0.1) is 5.92 Å². The fourth-order valence-corrected chi connectivity index (χ4v) is 4.03. The Balaban J connectivity index is 2.08. The number of rotatable bonds is 4. The van der Waals surface area contributed by atoms with E-state index in [-0.39, 0.29) is 36.5 Å². The highest BCUT2D eigenvalue weighted by molar-refractivity contribution is 7.89. The SMILES string of the molecule is CCOC(=O)C1CCN(S(=O)(=O)c2ccc(C(F)(F)F)cc2)CC1. The largest absolute Gasteiger partial charge is 0.466 e. The number of carbonyl (C=O) groups excluding carboxylic acids is 1. The molecule has 0 aliphatic carbocycles. The quantitative estimate of drug-likeness (QED) is 0.770. The van der Waals surface area contributed by atoms with Gasteiger partial charge in [0.15, 0.2) is 0 Å². The van der Waals surface area contributed by atoms with Crippen LogP contribution in [0.2, 0.25) is 0 Å². The third-order valence-electron chi connectivity index (χ3n) is 3.89. The van der Waals surface area contributed by atoms with Gasteiger partial charge < -0.3 is 4.74 Å². The summed E-state index contributed by atoms with van der Waals surface area (Å²) in [6.07, 6.45) is -3.85. The van der Waals surface area contributed by atoms with Crippen molar-refractivity contribution in [3.8, 4) is 0 Å². The molecule has 0 radical (unpaired) electrons. The van der Waals surface area contributed by atoms with Gasteiger partial charge in [-0.3, -0.25) is 4.79 Å². The van der Waals surface area contributed by atoms with Crippen molar-refractivity contribution < 1.29 is 31.1 Å². The maximum absolute atomic E-state index is 12.5. The number of ether oxygens (including phenoxy) is 1. The number of esters is 1. The molecule has 9 heteroatoms. The maximum atomic E-state index is 12.5. The third-order valence-corrected chi connectivity index (χ3v) is 5.81.